The van der Waals surface area contributed by atoms with Crippen molar-refractivity contribution in [2.24, 2.45) is 5.92 Å². The van der Waals surface area contributed by atoms with E-state index in [-0.39, 0.29) is 24.5 Å². The molecule has 1 heterocycles. The van der Waals surface area contributed by atoms with Crippen molar-refractivity contribution in [3.05, 3.63) is 65.3 Å². The second-order valence-corrected chi connectivity index (χ2v) is 11.0. The summed E-state index contributed by atoms with van der Waals surface area (Å²) in [7, 11) is 0. The van der Waals surface area contributed by atoms with Crippen LogP contribution in [-0.2, 0) is 24.0 Å². The van der Waals surface area contributed by atoms with E-state index in [4.69, 9.17) is 16.7 Å². The fourth-order valence-corrected chi connectivity index (χ4v) is 4.56. The Kier molecular flexibility index (Phi) is 11.9. The van der Waals surface area contributed by atoms with Crippen LogP contribution in [0.15, 0.2) is 54.6 Å². The van der Waals surface area contributed by atoms with E-state index in [1.54, 1.807) is 54.6 Å². The molecule has 4 amide bonds. The third kappa shape index (κ3) is 10.1. The molecule has 0 spiro atoms. The summed E-state index contributed by atoms with van der Waals surface area (Å²) < 4.78 is 0. The van der Waals surface area contributed by atoms with Crippen molar-refractivity contribution >= 4 is 63.8 Å². The lowest BCUT2D eigenvalue weighted by Crippen LogP contribution is -2.57. The van der Waals surface area contributed by atoms with Gasteiger partial charge in [-0.05, 0) is 55.2 Å². The number of aliphatic carboxylic acids is 2. The standard InChI is InChI=1S/C30H34ClN5O8/c1-16(2)12-22(35-29(43)23-14-17-13-18(31)8-9-20(17)33-23)28(42)36-24(15-26(39)40)30(44)34-21(10-11-25(37)38)27(41)32-19-6-4-3-5-7-19/h3-9,13-14,16,21-22,24,33H,10-12,15H2,1-2H3,(H,32,41)(H,34,44)(H,35,43)(H,36,42)(H,37,38)(H,39,40)/t21-,22-,24-/m0/s1. The van der Waals surface area contributed by atoms with Crippen LogP contribution in [0.1, 0.15) is 50.0 Å². The van der Waals surface area contributed by atoms with Crippen molar-refractivity contribution in [2.75, 3.05) is 5.32 Å². The zero-order valence-corrected chi connectivity index (χ0v) is 24.8. The molecule has 3 rings (SSSR count). The summed E-state index contributed by atoms with van der Waals surface area (Å²) in [5, 5.41) is 29.7. The SMILES string of the molecule is CC(C)C[C@H](NC(=O)c1cc2cc(Cl)ccc2[nH]1)C(=O)N[C@@H](CC(=O)O)C(=O)N[C@@H](CCC(=O)O)C(=O)Nc1ccccc1. The summed E-state index contributed by atoms with van der Waals surface area (Å²) in [5.74, 6) is -5.87. The maximum atomic E-state index is 13.4. The van der Waals surface area contributed by atoms with Crippen LogP contribution < -0.4 is 21.3 Å². The molecule has 3 aromatic rings. The van der Waals surface area contributed by atoms with Crippen LogP contribution in [0.5, 0.6) is 0 Å². The number of carbonyl (C=O) groups is 6. The average molecular weight is 628 g/mol. The Hall–Kier alpha value is -4.91. The summed E-state index contributed by atoms with van der Waals surface area (Å²) in [4.78, 5) is 78.3. The molecule has 0 fully saturated rings. The van der Waals surface area contributed by atoms with Gasteiger partial charge in [-0.15, -0.1) is 0 Å². The number of hydrogen-bond acceptors (Lipinski definition) is 6. The number of aromatic amines is 1. The second-order valence-electron chi connectivity index (χ2n) is 10.6. The second kappa shape index (κ2) is 15.5. The highest BCUT2D eigenvalue weighted by Gasteiger charge is 2.32. The number of rotatable bonds is 15. The fourth-order valence-electron chi connectivity index (χ4n) is 4.38. The molecule has 0 saturated heterocycles. The van der Waals surface area contributed by atoms with Gasteiger partial charge in [0.25, 0.3) is 5.91 Å². The van der Waals surface area contributed by atoms with E-state index < -0.39 is 66.5 Å². The third-order valence-electron chi connectivity index (χ3n) is 6.49. The molecule has 0 radical (unpaired) electrons. The molecule has 13 nitrogen and oxygen atoms in total. The van der Waals surface area contributed by atoms with Gasteiger partial charge in [-0.3, -0.25) is 28.8 Å². The molecule has 3 atom stereocenters. The Bertz CT molecular complexity index is 1520. The fraction of sp³-hybridized carbons (Fsp3) is 0.333. The molecule has 14 heteroatoms. The van der Waals surface area contributed by atoms with Crippen molar-refractivity contribution in [2.45, 2.75) is 57.7 Å². The van der Waals surface area contributed by atoms with E-state index in [2.05, 4.69) is 26.3 Å². The molecule has 234 valence electrons. The van der Waals surface area contributed by atoms with Crippen molar-refractivity contribution in [1.29, 1.82) is 0 Å². The summed E-state index contributed by atoms with van der Waals surface area (Å²) >= 11 is 6.03. The molecular weight excluding hydrogens is 594 g/mol. The molecule has 2 aromatic carbocycles. The molecule has 0 unspecified atom stereocenters. The molecule has 7 N–H and O–H groups in total. The number of fused-ring (bicyclic) bond motifs is 1. The number of carbonyl (C=O) groups excluding carboxylic acids is 4. The molecular formula is C30H34ClN5O8. The van der Waals surface area contributed by atoms with Gasteiger partial charge in [-0.2, -0.15) is 0 Å². The van der Waals surface area contributed by atoms with Crippen molar-refractivity contribution < 1.29 is 39.0 Å². The number of carboxylic acid groups (broad SMARTS) is 2. The molecule has 0 aliphatic rings. The first-order valence-electron chi connectivity index (χ1n) is 13.8. The first-order valence-corrected chi connectivity index (χ1v) is 14.2. The van der Waals surface area contributed by atoms with E-state index in [1.807, 2.05) is 13.8 Å². The number of amides is 4. The highest BCUT2D eigenvalue weighted by atomic mass is 35.5. The smallest absolute Gasteiger partial charge is 0.305 e. The number of aromatic nitrogens is 1. The lowest BCUT2D eigenvalue weighted by Gasteiger charge is -2.25. The van der Waals surface area contributed by atoms with Gasteiger partial charge in [0.05, 0.1) is 6.42 Å². The predicted octanol–water partition coefficient (Wildman–Crippen LogP) is 2.91. The summed E-state index contributed by atoms with van der Waals surface area (Å²) in [6, 6.07) is 10.7. The van der Waals surface area contributed by atoms with Crippen LogP contribution in [0, 0.1) is 5.92 Å². The largest absolute Gasteiger partial charge is 0.481 e. The van der Waals surface area contributed by atoms with E-state index in [0.29, 0.717) is 21.6 Å². The van der Waals surface area contributed by atoms with E-state index >= 15 is 0 Å². The molecule has 0 aliphatic heterocycles. The van der Waals surface area contributed by atoms with Crippen LogP contribution in [-0.4, -0.2) is 68.9 Å². The number of benzene rings is 2. The van der Waals surface area contributed by atoms with Crippen LogP contribution >= 0.6 is 11.6 Å². The van der Waals surface area contributed by atoms with Gasteiger partial charge in [0, 0.05) is 28.0 Å². The van der Waals surface area contributed by atoms with Crippen molar-refractivity contribution in [3.8, 4) is 0 Å². The highest BCUT2D eigenvalue weighted by molar-refractivity contribution is 6.31. The van der Waals surface area contributed by atoms with Gasteiger partial charge in [-0.25, -0.2) is 0 Å². The molecule has 1 aromatic heterocycles. The minimum absolute atomic E-state index is 0.0820. The van der Waals surface area contributed by atoms with Crippen LogP contribution in [0.2, 0.25) is 5.02 Å². The number of halogens is 1. The third-order valence-corrected chi connectivity index (χ3v) is 6.72. The number of H-pyrrole nitrogens is 1. The first-order chi connectivity index (χ1) is 20.8. The Balaban J connectivity index is 1.76. The van der Waals surface area contributed by atoms with Crippen LogP contribution in [0.4, 0.5) is 5.69 Å². The lowest BCUT2D eigenvalue weighted by atomic mass is 10.0. The number of hydrogen-bond donors (Lipinski definition) is 7. The lowest BCUT2D eigenvalue weighted by molar-refractivity contribution is -0.141. The summed E-state index contributed by atoms with van der Waals surface area (Å²) in [6.07, 6.45) is -1.44. The Labute approximate surface area is 257 Å². The van der Waals surface area contributed by atoms with Gasteiger partial charge in [0.1, 0.15) is 23.8 Å². The predicted molar refractivity (Wildman–Crippen MR) is 162 cm³/mol. The number of para-hydroxylation sites is 1. The minimum Gasteiger partial charge on any atom is -0.481 e. The minimum atomic E-state index is -1.64. The number of carboxylic acids is 2. The maximum Gasteiger partial charge on any atom is 0.305 e. The summed E-state index contributed by atoms with van der Waals surface area (Å²) in [6.45, 7) is 3.63. The monoisotopic (exact) mass is 627 g/mol. The van der Waals surface area contributed by atoms with Gasteiger partial charge in [-0.1, -0.05) is 43.6 Å². The highest BCUT2D eigenvalue weighted by Crippen LogP contribution is 2.20. The quantitative estimate of drug-likeness (QED) is 0.133. The van der Waals surface area contributed by atoms with E-state index in [0.717, 1.165) is 0 Å². The molecule has 0 saturated carbocycles. The van der Waals surface area contributed by atoms with Gasteiger partial charge in [0.2, 0.25) is 17.7 Å². The average Bonchev–Trinajstić information content (AvgIpc) is 3.37. The van der Waals surface area contributed by atoms with E-state index in [9.17, 15) is 33.9 Å². The Morgan fingerprint density at radius 3 is 2.09 bits per heavy atom. The Morgan fingerprint density at radius 2 is 1.45 bits per heavy atom. The Morgan fingerprint density at radius 1 is 0.795 bits per heavy atom. The zero-order valence-electron chi connectivity index (χ0n) is 24.1. The number of anilines is 1. The van der Waals surface area contributed by atoms with Crippen molar-refractivity contribution in [3.63, 3.8) is 0 Å². The van der Waals surface area contributed by atoms with Crippen molar-refractivity contribution in [1.82, 2.24) is 20.9 Å². The van der Waals surface area contributed by atoms with Gasteiger partial charge >= 0.3 is 11.9 Å². The van der Waals surface area contributed by atoms with Gasteiger partial charge < -0.3 is 36.5 Å². The zero-order chi connectivity index (χ0) is 32.4. The topological polar surface area (TPSA) is 207 Å². The molecule has 0 aliphatic carbocycles. The normalized spacial score (nSPS) is 13.0. The summed E-state index contributed by atoms with van der Waals surface area (Å²) in [5.41, 5.74) is 1.21. The van der Waals surface area contributed by atoms with Crippen LogP contribution in [0.3, 0.4) is 0 Å². The molecule has 0 bridgehead atoms. The number of nitrogens with one attached hydrogen (secondary N) is 5. The maximum absolute atomic E-state index is 13.4. The van der Waals surface area contributed by atoms with Crippen LogP contribution in [0.25, 0.3) is 10.9 Å². The molecule has 44 heavy (non-hydrogen) atoms. The van der Waals surface area contributed by atoms with E-state index in [1.165, 1.54) is 0 Å². The first kappa shape index (κ1) is 33.6. The van der Waals surface area contributed by atoms with Gasteiger partial charge in [0.15, 0.2) is 0 Å².